The lowest BCUT2D eigenvalue weighted by atomic mass is 9.73. The minimum atomic E-state index is 0.325. The molecule has 1 spiro atoms. The summed E-state index contributed by atoms with van der Waals surface area (Å²) in [5.41, 5.74) is 1.78. The lowest BCUT2D eigenvalue weighted by Gasteiger charge is -2.48. The van der Waals surface area contributed by atoms with Crippen molar-refractivity contribution in [3.05, 3.63) is 35.9 Å². The first-order valence-electron chi connectivity index (χ1n) is 7.30. The molecule has 1 N–H and O–H groups in total. The van der Waals surface area contributed by atoms with Crippen molar-refractivity contribution in [3.8, 4) is 0 Å². The first-order valence-corrected chi connectivity index (χ1v) is 7.30. The van der Waals surface area contributed by atoms with Gasteiger partial charge in [0.25, 0.3) is 0 Å². The number of aryl methyl sites for hydroxylation is 1. The number of likely N-dealkylation sites (tertiary alicyclic amines) is 1. The minimum Gasteiger partial charge on any atom is -0.343 e. The first kappa shape index (κ1) is 12.7. The Hall–Kier alpha value is -1.35. The van der Waals surface area contributed by atoms with Gasteiger partial charge >= 0.3 is 0 Å². The Balaban J connectivity index is 1.46. The van der Waals surface area contributed by atoms with E-state index in [1.807, 2.05) is 18.2 Å². The van der Waals surface area contributed by atoms with E-state index < -0.39 is 0 Å². The second-order valence-corrected chi connectivity index (χ2v) is 5.97. The Morgan fingerprint density at radius 2 is 1.84 bits per heavy atom. The van der Waals surface area contributed by atoms with Crippen LogP contribution in [0.3, 0.4) is 0 Å². The van der Waals surface area contributed by atoms with Gasteiger partial charge in [-0.05, 0) is 30.2 Å². The number of hydrogen-bond acceptors (Lipinski definition) is 2. The van der Waals surface area contributed by atoms with E-state index >= 15 is 0 Å². The SMILES string of the molecule is O=C(CCc1ccccc1)N1CCC2(CC1)CNC2. The summed E-state index contributed by atoms with van der Waals surface area (Å²) in [7, 11) is 0. The van der Waals surface area contributed by atoms with Gasteiger partial charge in [-0.2, -0.15) is 0 Å². The monoisotopic (exact) mass is 258 g/mol. The molecule has 0 unspecified atom stereocenters. The highest BCUT2D eigenvalue weighted by Gasteiger charge is 2.40. The summed E-state index contributed by atoms with van der Waals surface area (Å²) in [6, 6.07) is 10.3. The summed E-state index contributed by atoms with van der Waals surface area (Å²) in [4.78, 5) is 14.3. The molecule has 3 heteroatoms. The van der Waals surface area contributed by atoms with Crippen molar-refractivity contribution < 1.29 is 4.79 Å². The summed E-state index contributed by atoms with van der Waals surface area (Å²) >= 11 is 0. The predicted octanol–water partition coefficient (Wildman–Crippen LogP) is 1.83. The number of rotatable bonds is 3. The summed E-state index contributed by atoms with van der Waals surface area (Å²) < 4.78 is 0. The molecule has 1 amide bonds. The fourth-order valence-electron chi connectivity index (χ4n) is 3.12. The van der Waals surface area contributed by atoms with Gasteiger partial charge in [0, 0.05) is 32.6 Å². The highest BCUT2D eigenvalue weighted by molar-refractivity contribution is 5.76. The Morgan fingerprint density at radius 3 is 2.42 bits per heavy atom. The molecule has 0 atom stereocenters. The van der Waals surface area contributed by atoms with E-state index in [1.54, 1.807) is 0 Å². The van der Waals surface area contributed by atoms with Gasteiger partial charge in [0.1, 0.15) is 0 Å². The van der Waals surface area contributed by atoms with E-state index in [4.69, 9.17) is 0 Å². The van der Waals surface area contributed by atoms with Gasteiger partial charge in [-0.15, -0.1) is 0 Å². The Bertz CT molecular complexity index is 429. The maximum Gasteiger partial charge on any atom is 0.222 e. The van der Waals surface area contributed by atoms with Crippen LogP contribution in [0.15, 0.2) is 30.3 Å². The summed E-state index contributed by atoms with van der Waals surface area (Å²) in [5.74, 6) is 0.325. The van der Waals surface area contributed by atoms with E-state index in [2.05, 4.69) is 22.3 Å². The Labute approximate surface area is 115 Å². The molecule has 1 aromatic carbocycles. The molecular formula is C16H22N2O. The molecule has 3 nitrogen and oxygen atoms in total. The van der Waals surface area contributed by atoms with Crippen molar-refractivity contribution >= 4 is 5.91 Å². The second kappa shape index (κ2) is 5.33. The molecule has 19 heavy (non-hydrogen) atoms. The van der Waals surface area contributed by atoms with E-state index in [0.717, 1.165) is 32.6 Å². The fourth-order valence-corrected chi connectivity index (χ4v) is 3.12. The number of nitrogens with one attached hydrogen (secondary N) is 1. The third-order valence-corrected chi connectivity index (χ3v) is 4.65. The normalized spacial score (nSPS) is 21.2. The van der Waals surface area contributed by atoms with Crippen molar-refractivity contribution in [2.75, 3.05) is 26.2 Å². The highest BCUT2D eigenvalue weighted by Crippen LogP contribution is 2.35. The van der Waals surface area contributed by atoms with Gasteiger partial charge in [-0.25, -0.2) is 0 Å². The zero-order valence-electron chi connectivity index (χ0n) is 11.4. The van der Waals surface area contributed by atoms with Gasteiger partial charge in [-0.1, -0.05) is 30.3 Å². The molecule has 0 radical (unpaired) electrons. The standard InChI is InChI=1S/C16H22N2O/c19-15(7-6-14-4-2-1-3-5-14)18-10-8-16(9-11-18)12-17-13-16/h1-5,17H,6-13H2. The largest absolute Gasteiger partial charge is 0.343 e. The molecule has 0 bridgehead atoms. The molecule has 2 saturated heterocycles. The maximum atomic E-state index is 12.2. The quantitative estimate of drug-likeness (QED) is 0.897. The van der Waals surface area contributed by atoms with Crippen LogP contribution >= 0.6 is 0 Å². The molecule has 2 aliphatic rings. The van der Waals surface area contributed by atoms with E-state index in [9.17, 15) is 4.79 Å². The number of nitrogens with zero attached hydrogens (tertiary/aromatic N) is 1. The summed E-state index contributed by atoms with van der Waals surface area (Å²) in [6.07, 6.45) is 3.87. The minimum absolute atomic E-state index is 0.325. The molecule has 2 fully saturated rings. The van der Waals surface area contributed by atoms with Crippen molar-refractivity contribution in [1.29, 1.82) is 0 Å². The van der Waals surface area contributed by atoms with Crippen LogP contribution in [-0.2, 0) is 11.2 Å². The zero-order chi connectivity index (χ0) is 13.1. The molecule has 3 rings (SSSR count). The van der Waals surface area contributed by atoms with Crippen LogP contribution in [0.4, 0.5) is 0 Å². The Kier molecular flexibility index (Phi) is 3.56. The molecule has 0 saturated carbocycles. The topological polar surface area (TPSA) is 32.3 Å². The lowest BCUT2D eigenvalue weighted by Crippen LogP contribution is -2.58. The van der Waals surface area contributed by atoms with Crippen LogP contribution in [0, 0.1) is 5.41 Å². The summed E-state index contributed by atoms with van der Waals surface area (Å²) in [6.45, 7) is 4.21. The number of carbonyl (C=O) groups excluding carboxylic acids is 1. The van der Waals surface area contributed by atoms with Crippen molar-refractivity contribution in [3.63, 3.8) is 0 Å². The van der Waals surface area contributed by atoms with Crippen LogP contribution in [0.5, 0.6) is 0 Å². The maximum absolute atomic E-state index is 12.2. The van der Waals surface area contributed by atoms with Crippen LogP contribution in [-0.4, -0.2) is 37.0 Å². The van der Waals surface area contributed by atoms with E-state index in [-0.39, 0.29) is 0 Å². The van der Waals surface area contributed by atoms with Gasteiger partial charge in [0.2, 0.25) is 5.91 Å². The number of hydrogen-bond donors (Lipinski definition) is 1. The van der Waals surface area contributed by atoms with Crippen LogP contribution in [0.2, 0.25) is 0 Å². The third-order valence-electron chi connectivity index (χ3n) is 4.65. The summed E-state index contributed by atoms with van der Waals surface area (Å²) in [5, 5.41) is 3.36. The highest BCUT2D eigenvalue weighted by atomic mass is 16.2. The zero-order valence-corrected chi connectivity index (χ0v) is 11.4. The predicted molar refractivity (Wildman–Crippen MR) is 75.9 cm³/mol. The molecule has 2 aliphatic heterocycles. The van der Waals surface area contributed by atoms with Gasteiger partial charge in [-0.3, -0.25) is 4.79 Å². The smallest absolute Gasteiger partial charge is 0.222 e. The van der Waals surface area contributed by atoms with Crippen LogP contribution in [0.1, 0.15) is 24.8 Å². The average Bonchev–Trinajstić information content (AvgIpc) is 2.44. The first-order chi connectivity index (χ1) is 9.27. The van der Waals surface area contributed by atoms with Gasteiger partial charge < -0.3 is 10.2 Å². The molecular weight excluding hydrogens is 236 g/mol. The number of piperidine rings is 1. The average molecular weight is 258 g/mol. The number of benzene rings is 1. The van der Waals surface area contributed by atoms with Crippen LogP contribution < -0.4 is 5.32 Å². The van der Waals surface area contributed by atoms with Crippen molar-refractivity contribution in [2.45, 2.75) is 25.7 Å². The second-order valence-electron chi connectivity index (χ2n) is 5.97. The number of amides is 1. The van der Waals surface area contributed by atoms with E-state index in [1.165, 1.54) is 18.4 Å². The van der Waals surface area contributed by atoms with E-state index in [0.29, 0.717) is 17.7 Å². The van der Waals surface area contributed by atoms with Crippen molar-refractivity contribution in [1.82, 2.24) is 10.2 Å². The lowest BCUT2D eigenvalue weighted by molar-refractivity contribution is -0.134. The van der Waals surface area contributed by atoms with Gasteiger partial charge in [0.05, 0.1) is 0 Å². The molecule has 0 aliphatic carbocycles. The third kappa shape index (κ3) is 2.81. The number of carbonyl (C=O) groups is 1. The fraction of sp³-hybridized carbons (Fsp3) is 0.562. The Morgan fingerprint density at radius 1 is 1.16 bits per heavy atom. The molecule has 102 valence electrons. The molecule has 2 heterocycles. The van der Waals surface area contributed by atoms with Crippen LogP contribution in [0.25, 0.3) is 0 Å². The van der Waals surface area contributed by atoms with Gasteiger partial charge in [0.15, 0.2) is 0 Å². The van der Waals surface area contributed by atoms with Crippen molar-refractivity contribution in [2.24, 2.45) is 5.41 Å². The molecule has 1 aromatic rings. The molecule has 0 aromatic heterocycles.